The van der Waals surface area contributed by atoms with Gasteiger partial charge in [-0.3, -0.25) is 14.5 Å². The van der Waals surface area contributed by atoms with E-state index < -0.39 is 0 Å². The Kier molecular flexibility index (Phi) is 5.23. The predicted molar refractivity (Wildman–Crippen MR) is 101 cm³/mol. The van der Waals surface area contributed by atoms with Crippen molar-refractivity contribution in [1.29, 1.82) is 0 Å². The summed E-state index contributed by atoms with van der Waals surface area (Å²) in [5.41, 5.74) is 2.77. The van der Waals surface area contributed by atoms with E-state index in [0.717, 1.165) is 16.8 Å². The van der Waals surface area contributed by atoms with Crippen molar-refractivity contribution in [3.05, 3.63) is 75.1 Å². The average molecular weight is 393 g/mol. The van der Waals surface area contributed by atoms with Crippen LogP contribution in [-0.4, -0.2) is 20.5 Å². The van der Waals surface area contributed by atoms with Crippen LogP contribution in [0.2, 0.25) is 15.1 Å². The Bertz CT molecular complexity index is 965. The summed E-state index contributed by atoms with van der Waals surface area (Å²) in [7, 11) is 1.82. The minimum absolute atomic E-state index is 0.143. The lowest BCUT2D eigenvalue weighted by Gasteiger charge is -2.04. The molecule has 0 fully saturated rings. The molecule has 0 spiro atoms. The van der Waals surface area contributed by atoms with E-state index in [9.17, 15) is 4.79 Å². The second-order valence-corrected chi connectivity index (χ2v) is 6.43. The van der Waals surface area contributed by atoms with Gasteiger partial charge in [-0.2, -0.15) is 5.10 Å². The molecule has 0 aliphatic carbocycles. The van der Waals surface area contributed by atoms with E-state index >= 15 is 0 Å². The van der Waals surface area contributed by atoms with Crippen LogP contribution in [0.4, 0.5) is 0 Å². The Morgan fingerprint density at radius 2 is 1.80 bits per heavy atom. The molecule has 4 nitrogen and oxygen atoms in total. The van der Waals surface area contributed by atoms with Gasteiger partial charge in [0.15, 0.2) is 5.78 Å². The highest BCUT2D eigenvalue weighted by atomic mass is 35.5. The van der Waals surface area contributed by atoms with Crippen LogP contribution < -0.4 is 0 Å². The average Bonchev–Trinajstić information content (AvgIpc) is 2.99. The lowest BCUT2D eigenvalue weighted by atomic mass is 10.1. The topological polar surface area (TPSA) is 47.8 Å². The Morgan fingerprint density at radius 3 is 2.52 bits per heavy atom. The lowest BCUT2D eigenvalue weighted by Crippen LogP contribution is -1.96. The number of ketones is 1. The second kappa shape index (κ2) is 7.40. The van der Waals surface area contributed by atoms with Gasteiger partial charge in [0, 0.05) is 42.3 Å². The van der Waals surface area contributed by atoms with Crippen molar-refractivity contribution < 1.29 is 4.79 Å². The fourth-order valence-corrected chi connectivity index (χ4v) is 2.96. The molecule has 0 radical (unpaired) electrons. The second-order valence-electron chi connectivity index (χ2n) is 5.26. The zero-order valence-corrected chi connectivity index (χ0v) is 15.3. The molecule has 0 N–H and O–H groups in total. The monoisotopic (exact) mass is 391 g/mol. The molecule has 0 unspecified atom stereocenters. The van der Waals surface area contributed by atoms with Crippen LogP contribution in [-0.2, 0) is 7.05 Å². The zero-order valence-electron chi connectivity index (χ0n) is 13.1. The number of rotatable bonds is 4. The standard InChI is InChI=1S/C18H12Cl3N3O/c1-24-10-12(18(23-24)11-6-8-22-9-7-11)2-5-15(25)13-3-4-14(19)17(21)16(13)20/h2-10H,1H3/b5-2+. The summed E-state index contributed by atoms with van der Waals surface area (Å²) in [6, 6.07) is 6.81. The number of pyridine rings is 1. The number of aromatic nitrogens is 3. The van der Waals surface area contributed by atoms with Gasteiger partial charge in [0.1, 0.15) is 0 Å². The molecule has 126 valence electrons. The van der Waals surface area contributed by atoms with Crippen LogP contribution >= 0.6 is 34.8 Å². The van der Waals surface area contributed by atoms with Crippen LogP contribution in [0.25, 0.3) is 17.3 Å². The van der Waals surface area contributed by atoms with E-state index in [2.05, 4.69) is 10.1 Å². The Balaban J connectivity index is 1.93. The van der Waals surface area contributed by atoms with Gasteiger partial charge >= 0.3 is 0 Å². The first-order valence-electron chi connectivity index (χ1n) is 7.27. The third-order valence-corrected chi connectivity index (χ3v) is 4.82. The largest absolute Gasteiger partial charge is 0.289 e. The van der Waals surface area contributed by atoms with Crippen LogP contribution in [0, 0.1) is 0 Å². The summed E-state index contributed by atoms with van der Waals surface area (Å²) >= 11 is 18.0. The Hall–Kier alpha value is -2.14. The minimum atomic E-state index is -0.270. The SMILES string of the molecule is Cn1cc(/C=C/C(=O)c2ccc(Cl)c(Cl)c2Cl)c(-c2ccncc2)n1. The fourth-order valence-electron chi connectivity index (χ4n) is 2.33. The molecule has 1 aromatic carbocycles. The van der Waals surface area contributed by atoms with Gasteiger partial charge in [0.05, 0.1) is 20.8 Å². The first-order chi connectivity index (χ1) is 12.0. The molecule has 0 aliphatic rings. The molecular formula is C18H12Cl3N3O. The van der Waals surface area contributed by atoms with Gasteiger partial charge in [-0.05, 0) is 36.4 Å². The summed E-state index contributed by atoms with van der Waals surface area (Å²) < 4.78 is 1.69. The van der Waals surface area contributed by atoms with Gasteiger partial charge in [-0.1, -0.05) is 34.8 Å². The summed E-state index contributed by atoms with van der Waals surface area (Å²) in [6.45, 7) is 0. The highest BCUT2D eigenvalue weighted by Crippen LogP contribution is 2.33. The van der Waals surface area contributed by atoms with Crippen molar-refractivity contribution >= 4 is 46.7 Å². The van der Waals surface area contributed by atoms with E-state index in [4.69, 9.17) is 34.8 Å². The Labute approximate surface area is 159 Å². The van der Waals surface area contributed by atoms with Gasteiger partial charge in [0.25, 0.3) is 0 Å². The Morgan fingerprint density at radius 1 is 1.08 bits per heavy atom. The van der Waals surface area contributed by atoms with Crippen molar-refractivity contribution in [3.63, 3.8) is 0 Å². The fraction of sp³-hybridized carbons (Fsp3) is 0.0556. The normalized spacial score (nSPS) is 11.2. The summed E-state index contributed by atoms with van der Waals surface area (Å²) in [5.74, 6) is -0.270. The molecular weight excluding hydrogens is 381 g/mol. The highest BCUT2D eigenvalue weighted by Gasteiger charge is 2.14. The number of hydrogen-bond acceptors (Lipinski definition) is 3. The number of carbonyl (C=O) groups is 1. The van der Waals surface area contributed by atoms with Gasteiger partial charge < -0.3 is 0 Å². The van der Waals surface area contributed by atoms with Gasteiger partial charge in [-0.25, -0.2) is 0 Å². The molecule has 25 heavy (non-hydrogen) atoms. The molecule has 7 heteroatoms. The van der Waals surface area contributed by atoms with E-state index in [0.29, 0.717) is 10.6 Å². The molecule has 3 aromatic rings. The third kappa shape index (κ3) is 3.76. The number of halogens is 3. The molecule has 3 rings (SSSR count). The quantitative estimate of drug-likeness (QED) is 0.342. The molecule has 0 aliphatic heterocycles. The molecule has 0 saturated heterocycles. The zero-order chi connectivity index (χ0) is 18.0. The summed E-state index contributed by atoms with van der Waals surface area (Å²) in [5, 5.41) is 5.05. The molecule has 2 heterocycles. The summed E-state index contributed by atoms with van der Waals surface area (Å²) in [6.07, 6.45) is 8.35. The maximum Gasteiger partial charge on any atom is 0.187 e. The number of nitrogens with zero attached hydrogens (tertiary/aromatic N) is 3. The molecule has 2 aromatic heterocycles. The van der Waals surface area contributed by atoms with E-state index in [1.165, 1.54) is 6.08 Å². The van der Waals surface area contributed by atoms with Gasteiger partial charge in [0.2, 0.25) is 0 Å². The molecule has 0 amide bonds. The van der Waals surface area contributed by atoms with Gasteiger partial charge in [-0.15, -0.1) is 0 Å². The van der Waals surface area contributed by atoms with Crippen LogP contribution in [0.5, 0.6) is 0 Å². The first-order valence-corrected chi connectivity index (χ1v) is 8.40. The maximum atomic E-state index is 12.4. The van der Waals surface area contributed by atoms with E-state index in [1.54, 1.807) is 35.3 Å². The molecule has 0 saturated carbocycles. The maximum absolute atomic E-state index is 12.4. The van der Waals surface area contributed by atoms with Crippen molar-refractivity contribution in [2.24, 2.45) is 7.05 Å². The predicted octanol–water partition coefficient (Wildman–Crippen LogP) is 5.34. The highest BCUT2D eigenvalue weighted by molar-refractivity contribution is 6.49. The number of hydrogen-bond donors (Lipinski definition) is 0. The van der Waals surface area contributed by atoms with Crippen molar-refractivity contribution in [3.8, 4) is 11.3 Å². The number of allylic oxidation sites excluding steroid dienone is 1. The van der Waals surface area contributed by atoms with Crippen LogP contribution in [0.1, 0.15) is 15.9 Å². The summed E-state index contributed by atoms with van der Waals surface area (Å²) in [4.78, 5) is 16.4. The minimum Gasteiger partial charge on any atom is -0.289 e. The van der Waals surface area contributed by atoms with Crippen molar-refractivity contribution in [2.45, 2.75) is 0 Å². The third-order valence-electron chi connectivity index (χ3n) is 3.53. The van der Waals surface area contributed by atoms with E-state index in [1.807, 2.05) is 25.4 Å². The first kappa shape index (κ1) is 17.7. The van der Waals surface area contributed by atoms with Crippen molar-refractivity contribution in [1.82, 2.24) is 14.8 Å². The molecule has 0 bridgehead atoms. The number of aryl methyl sites for hydroxylation is 1. The smallest absolute Gasteiger partial charge is 0.187 e. The van der Waals surface area contributed by atoms with E-state index in [-0.39, 0.29) is 15.8 Å². The van der Waals surface area contributed by atoms with Crippen LogP contribution in [0.15, 0.2) is 48.9 Å². The lowest BCUT2D eigenvalue weighted by molar-refractivity contribution is 0.104. The van der Waals surface area contributed by atoms with Crippen molar-refractivity contribution in [2.75, 3.05) is 0 Å². The van der Waals surface area contributed by atoms with Crippen LogP contribution in [0.3, 0.4) is 0 Å². The molecule has 0 atom stereocenters. The number of benzene rings is 1. The number of carbonyl (C=O) groups excluding carboxylic acids is 1.